The molecule has 0 aliphatic carbocycles. The first kappa shape index (κ1) is 23.1. The van der Waals surface area contributed by atoms with Crippen LogP contribution in [0.2, 0.25) is 0 Å². The van der Waals surface area contributed by atoms with Crippen LogP contribution in [-0.4, -0.2) is 10.8 Å². The van der Waals surface area contributed by atoms with Gasteiger partial charge >= 0.3 is 0 Å². The lowest BCUT2D eigenvalue weighted by molar-refractivity contribution is -0.110. The van der Waals surface area contributed by atoms with Gasteiger partial charge in [0.15, 0.2) is 15.0 Å². The van der Waals surface area contributed by atoms with E-state index < -0.39 is 8.95 Å². The molecule has 0 N–H and O–H groups in total. The molecule has 3 nitrogen and oxygen atoms in total. The third kappa shape index (κ3) is 3.45. The van der Waals surface area contributed by atoms with Crippen molar-refractivity contribution in [3.05, 3.63) is 137 Å². The van der Waals surface area contributed by atoms with Gasteiger partial charge in [0.1, 0.15) is 0 Å². The van der Waals surface area contributed by atoms with Gasteiger partial charge in [-0.05, 0) is 42.7 Å². The average molecular weight is 507 g/mol. The van der Waals surface area contributed by atoms with Crippen molar-refractivity contribution in [1.29, 1.82) is 0 Å². The summed E-state index contributed by atoms with van der Waals surface area (Å²) in [6.07, 6.45) is 0. The minimum Gasteiger partial charge on any atom is -0.292 e. The molecule has 0 unspecified atom stereocenters. The lowest BCUT2D eigenvalue weighted by atomic mass is 9.81. The highest BCUT2D eigenvalue weighted by Crippen LogP contribution is 2.70. The number of hydrogen-bond acceptors (Lipinski definition) is 5. The molecule has 1 spiro atoms. The third-order valence-electron chi connectivity index (χ3n) is 6.86. The number of carbonyl (C=O) groups is 1. The van der Waals surface area contributed by atoms with Crippen LogP contribution in [-0.2, 0) is 13.7 Å². The van der Waals surface area contributed by atoms with E-state index in [1.807, 2.05) is 30.0 Å². The van der Waals surface area contributed by atoms with Crippen molar-refractivity contribution in [2.75, 3.05) is 5.01 Å². The number of Topliss-reactive ketones (excluding diaryl/α,β-unsaturated/α-hetero) is 1. The molecular weight excluding hydrogens is 480 g/mol. The first-order valence-corrected chi connectivity index (χ1v) is 13.7. The number of aryl methyl sites for hydroxylation is 2. The standard InChI is InChI=1S/C31H26N2OS2/c1-21-13-17-24(18-14-21)30(25-19-15-22(2)16-20-25)27-11-7-8-12-28(27)31(36-30)33(26-9-5-4-6-10-26)32-29(35-31)23(3)34/h4-20H,1-3H3/t31-/m0/s1. The number of hydrazone groups is 1. The normalized spacial score (nSPS) is 19.9. The molecule has 0 saturated carbocycles. The van der Waals surface area contributed by atoms with E-state index in [1.165, 1.54) is 33.4 Å². The molecule has 6 rings (SSSR count). The number of fused-ring (bicyclic) bond motifs is 2. The van der Waals surface area contributed by atoms with Gasteiger partial charge in [0, 0.05) is 12.5 Å². The molecule has 2 aliphatic rings. The van der Waals surface area contributed by atoms with Gasteiger partial charge in [-0.1, -0.05) is 126 Å². The number of benzene rings is 4. The van der Waals surface area contributed by atoms with Crippen molar-refractivity contribution in [1.82, 2.24) is 0 Å². The van der Waals surface area contributed by atoms with Gasteiger partial charge in [0.25, 0.3) is 0 Å². The third-order valence-corrected chi connectivity index (χ3v) is 10.3. The first-order valence-electron chi connectivity index (χ1n) is 12.0. The zero-order chi connectivity index (χ0) is 24.9. The Morgan fingerprint density at radius 3 is 1.81 bits per heavy atom. The van der Waals surface area contributed by atoms with Crippen molar-refractivity contribution in [3.8, 4) is 0 Å². The Kier molecular flexibility index (Phi) is 5.58. The fourth-order valence-corrected chi connectivity index (χ4v) is 8.64. The van der Waals surface area contributed by atoms with Crippen molar-refractivity contribution in [2.24, 2.45) is 5.10 Å². The van der Waals surface area contributed by atoms with Crippen LogP contribution in [0.3, 0.4) is 0 Å². The molecule has 4 aromatic rings. The van der Waals surface area contributed by atoms with Gasteiger partial charge < -0.3 is 0 Å². The molecule has 2 aliphatic heterocycles. The van der Waals surface area contributed by atoms with Gasteiger partial charge in [-0.3, -0.25) is 4.79 Å². The van der Waals surface area contributed by atoms with Gasteiger partial charge in [-0.2, -0.15) is 5.10 Å². The summed E-state index contributed by atoms with van der Waals surface area (Å²) in [6.45, 7) is 5.85. The highest BCUT2D eigenvalue weighted by atomic mass is 32.2. The smallest absolute Gasteiger partial charge is 0.187 e. The lowest BCUT2D eigenvalue weighted by Crippen LogP contribution is -2.34. The van der Waals surface area contributed by atoms with Crippen molar-refractivity contribution < 1.29 is 4.79 Å². The largest absolute Gasteiger partial charge is 0.292 e. The van der Waals surface area contributed by atoms with Crippen LogP contribution in [0.5, 0.6) is 0 Å². The van der Waals surface area contributed by atoms with Crippen molar-refractivity contribution >= 4 is 40.0 Å². The fraction of sp³-hybridized carbons (Fsp3) is 0.161. The molecule has 36 heavy (non-hydrogen) atoms. The monoisotopic (exact) mass is 506 g/mol. The molecule has 178 valence electrons. The summed E-state index contributed by atoms with van der Waals surface area (Å²) in [7, 11) is 0. The van der Waals surface area contributed by atoms with E-state index in [2.05, 4.69) is 104 Å². The Labute approximate surface area is 220 Å². The number of ketones is 1. The summed E-state index contributed by atoms with van der Waals surface area (Å²) < 4.78 is -1.10. The molecule has 5 heteroatoms. The Balaban J connectivity index is 1.65. The zero-order valence-electron chi connectivity index (χ0n) is 20.4. The van der Waals surface area contributed by atoms with Crippen LogP contribution < -0.4 is 5.01 Å². The molecule has 0 radical (unpaired) electrons. The quantitative estimate of drug-likeness (QED) is 0.285. The Bertz CT molecular complexity index is 1430. The van der Waals surface area contributed by atoms with Crippen molar-refractivity contribution in [3.63, 3.8) is 0 Å². The van der Waals surface area contributed by atoms with E-state index in [4.69, 9.17) is 5.10 Å². The highest BCUT2D eigenvalue weighted by molar-refractivity contribution is 8.27. The summed E-state index contributed by atoms with van der Waals surface area (Å²) in [5, 5.41) is 7.51. The number of hydrogen-bond donors (Lipinski definition) is 0. The maximum absolute atomic E-state index is 12.7. The maximum atomic E-state index is 12.7. The van der Waals surface area contributed by atoms with E-state index in [0.717, 1.165) is 5.69 Å². The summed E-state index contributed by atoms with van der Waals surface area (Å²) >= 11 is 3.42. The molecule has 0 saturated heterocycles. The lowest BCUT2D eigenvalue weighted by Gasteiger charge is -2.37. The summed E-state index contributed by atoms with van der Waals surface area (Å²) in [6, 6.07) is 36.6. The number of thioether (sulfide) groups is 2. The number of carbonyl (C=O) groups excluding carboxylic acids is 1. The SMILES string of the molecule is CC(=O)C1=NN(c2ccccc2)[C@@]2(S1)SC(c1ccc(C)cc1)(c1ccc(C)cc1)c1ccccc12. The number of nitrogens with zero attached hydrogens (tertiary/aromatic N) is 2. The topological polar surface area (TPSA) is 32.7 Å². The van der Waals surface area contributed by atoms with E-state index in [1.54, 1.807) is 18.7 Å². The molecule has 0 aromatic heterocycles. The second-order valence-electron chi connectivity index (χ2n) is 9.35. The van der Waals surface area contributed by atoms with Crippen molar-refractivity contribution in [2.45, 2.75) is 29.7 Å². The number of para-hydroxylation sites is 1. The second kappa shape index (κ2) is 8.68. The van der Waals surface area contributed by atoms with Crippen LogP contribution in [0.15, 0.2) is 108 Å². The molecular formula is C31H26N2OS2. The fourth-order valence-electron chi connectivity index (χ4n) is 5.08. The second-order valence-corrected chi connectivity index (χ2v) is 12.2. The van der Waals surface area contributed by atoms with Gasteiger partial charge in [0.2, 0.25) is 0 Å². The Morgan fingerprint density at radius 1 is 0.722 bits per heavy atom. The van der Waals surface area contributed by atoms with Crippen LogP contribution >= 0.6 is 23.5 Å². The van der Waals surface area contributed by atoms with Gasteiger partial charge in [-0.25, -0.2) is 5.01 Å². The molecule has 0 amide bonds. The van der Waals surface area contributed by atoms with Gasteiger partial charge in [0.05, 0.1) is 10.4 Å². The first-order chi connectivity index (χ1) is 17.4. The van der Waals surface area contributed by atoms with E-state index in [0.29, 0.717) is 5.04 Å². The van der Waals surface area contributed by atoms with Crippen LogP contribution in [0, 0.1) is 13.8 Å². The number of anilines is 1. The molecule has 0 bridgehead atoms. The molecule has 2 heterocycles. The predicted molar refractivity (Wildman–Crippen MR) is 153 cm³/mol. The van der Waals surface area contributed by atoms with Crippen LogP contribution in [0.25, 0.3) is 0 Å². The zero-order valence-corrected chi connectivity index (χ0v) is 22.1. The van der Waals surface area contributed by atoms with E-state index in [-0.39, 0.29) is 5.78 Å². The van der Waals surface area contributed by atoms with E-state index >= 15 is 0 Å². The maximum Gasteiger partial charge on any atom is 0.187 e. The van der Waals surface area contributed by atoms with E-state index in [9.17, 15) is 4.79 Å². The minimum absolute atomic E-state index is 0.0148. The summed E-state index contributed by atoms with van der Waals surface area (Å²) in [5.41, 5.74) is 8.26. The molecule has 4 aromatic carbocycles. The minimum atomic E-state index is -0.630. The summed E-state index contributed by atoms with van der Waals surface area (Å²) in [5.74, 6) is -0.0148. The van der Waals surface area contributed by atoms with Crippen LogP contribution in [0.4, 0.5) is 5.69 Å². The Morgan fingerprint density at radius 2 is 1.25 bits per heavy atom. The highest BCUT2D eigenvalue weighted by Gasteiger charge is 2.61. The predicted octanol–water partition coefficient (Wildman–Crippen LogP) is 7.61. The molecule has 1 atom stereocenters. The average Bonchev–Trinajstić information content (AvgIpc) is 3.43. The number of rotatable bonds is 4. The summed E-state index contributed by atoms with van der Waals surface area (Å²) in [4.78, 5) is 12.7. The Hall–Kier alpha value is -3.28. The van der Waals surface area contributed by atoms with Crippen LogP contribution in [0.1, 0.15) is 40.3 Å². The van der Waals surface area contributed by atoms with Gasteiger partial charge in [-0.15, -0.1) is 0 Å². The molecule has 0 fully saturated rings.